The van der Waals surface area contributed by atoms with E-state index in [1.165, 1.54) is 29.2 Å². The third kappa shape index (κ3) is 5.97. The van der Waals surface area contributed by atoms with Crippen LogP contribution in [0.4, 0.5) is 13.2 Å². The first-order valence-corrected chi connectivity index (χ1v) is 9.87. The maximum atomic E-state index is 13.2. The molecule has 168 valence electrons. The molecule has 1 aliphatic rings. The van der Waals surface area contributed by atoms with Gasteiger partial charge in [-0.15, -0.1) is 0 Å². The minimum atomic E-state index is -4.44. The van der Waals surface area contributed by atoms with E-state index in [9.17, 15) is 22.8 Å². The van der Waals surface area contributed by atoms with Crippen LogP contribution in [-0.4, -0.2) is 30.8 Å². The Morgan fingerprint density at radius 3 is 2.34 bits per heavy atom. The summed E-state index contributed by atoms with van der Waals surface area (Å²) in [6, 6.07) is 4.64. The Hall–Kier alpha value is -3.61. The van der Waals surface area contributed by atoms with E-state index in [1.54, 1.807) is 45.3 Å². The quantitative estimate of drug-likeness (QED) is 0.487. The molecule has 0 spiro atoms. The molecule has 0 radical (unpaired) electrons. The maximum Gasteiger partial charge on any atom is 0.416 e. The van der Waals surface area contributed by atoms with Crippen molar-refractivity contribution >= 4 is 17.4 Å². The van der Waals surface area contributed by atoms with E-state index >= 15 is 0 Å². The predicted molar refractivity (Wildman–Crippen MR) is 120 cm³/mol. The summed E-state index contributed by atoms with van der Waals surface area (Å²) in [6.45, 7) is 5.31. The number of nitrogens with one attached hydrogen (secondary N) is 1. The lowest BCUT2D eigenvalue weighted by Gasteiger charge is -2.18. The van der Waals surface area contributed by atoms with Crippen LogP contribution < -0.4 is 5.32 Å². The first kappa shape index (κ1) is 24.7. The maximum absolute atomic E-state index is 13.2. The van der Waals surface area contributed by atoms with Crippen molar-refractivity contribution in [3.63, 3.8) is 0 Å². The summed E-state index contributed by atoms with van der Waals surface area (Å²) >= 11 is 0. The topological polar surface area (TPSA) is 49.4 Å². The smallest absolute Gasteiger partial charge is 0.345 e. The van der Waals surface area contributed by atoms with Gasteiger partial charge in [0.25, 0.3) is 11.8 Å². The number of carbonyl (C=O) groups is 2. The number of carbonyl (C=O) groups excluding carboxylic acids is 2. The lowest BCUT2D eigenvalue weighted by Crippen LogP contribution is -2.32. The van der Waals surface area contributed by atoms with E-state index in [-0.39, 0.29) is 11.5 Å². The molecule has 7 heteroatoms. The van der Waals surface area contributed by atoms with Crippen molar-refractivity contribution in [1.29, 1.82) is 0 Å². The molecule has 1 N–H and O–H groups in total. The van der Waals surface area contributed by atoms with Gasteiger partial charge in [0.1, 0.15) is 0 Å². The summed E-state index contributed by atoms with van der Waals surface area (Å²) in [7, 11) is 3.19. The van der Waals surface area contributed by atoms with Crippen LogP contribution in [0.1, 0.15) is 24.5 Å². The van der Waals surface area contributed by atoms with E-state index in [0.717, 1.165) is 12.1 Å². The van der Waals surface area contributed by atoms with Gasteiger partial charge in [-0.05, 0) is 42.7 Å². The molecular weight excluding hydrogens is 417 g/mol. The van der Waals surface area contributed by atoms with Gasteiger partial charge < -0.3 is 10.2 Å². The van der Waals surface area contributed by atoms with Crippen LogP contribution in [0, 0.1) is 0 Å². The number of amides is 2. The molecule has 1 aromatic carbocycles. The minimum absolute atomic E-state index is 0.258. The Morgan fingerprint density at radius 1 is 1.16 bits per heavy atom. The van der Waals surface area contributed by atoms with E-state index in [4.69, 9.17) is 0 Å². The molecule has 0 fully saturated rings. The zero-order chi connectivity index (χ0) is 23.9. The molecule has 0 atom stereocenters. The first-order chi connectivity index (χ1) is 15.1. The van der Waals surface area contributed by atoms with Gasteiger partial charge in [0.15, 0.2) is 0 Å². The lowest BCUT2D eigenvalue weighted by molar-refractivity contribution is -0.137. The van der Waals surface area contributed by atoms with Crippen molar-refractivity contribution in [2.45, 2.75) is 19.5 Å². The van der Waals surface area contributed by atoms with Crippen LogP contribution in [0.3, 0.4) is 0 Å². The Labute approximate surface area is 185 Å². The fourth-order valence-corrected chi connectivity index (χ4v) is 3.05. The highest BCUT2D eigenvalue weighted by Gasteiger charge is 2.30. The van der Waals surface area contributed by atoms with Crippen molar-refractivity contribution in [1.82, 2.24) is 10.2 Å². The molecule has 32 heavy (non-hydrogen) atoms. The van der Waals surface area contributed by atoms with Gasteiger partial charge in [-0.3, -0.25) is 9.59 Å². The van der Waals surface area contributed by atoms with Crippen molar-refractivity contribution in [3.05, 3.63) is 101 Å². The second-order valence-corrected chi connectivity index (χ2v) is 7.11. The highest BCUT2D eigenvalue weighted by Crippen LogP contribution is 2.32. The Kier molecular flexibility index (Phi) is 8.18. The van der Waals surface area contributed by atoms with E-state index < -0.39 is 17.6 Å². The van der Waals surface area contributed by atoms with E-state index in [0.29, 0.717) is 28.8 Å². The van der Waals surface area contributed by atoms with Gasteiger partial charge in [-0.2, -0.15) is 13.2 Å². The lowest BCUT2D eigenvalue weighted by atomic mass is 9.95. The van der Waals surface area contributed by atoms with Gasteiger partial charge in [0.2, 0.25) is 0 Å². The SMILES string of the molecule is C=C/C=C(C(=O)N(C)C)\C(=C/C)NC(=O)C1=CCC=CC=C1c1ccc(C(F)(F)F)cc1. The molecule has 1 aliphatic carbocycles. The molecule has 0 saturated carbocycles. The Morgan fingerprint density at radius 2 is 1.81 bits per heavy atom. The average Bonchev–Trinajstić information content (AvgIpc) is 3.01. The number of benzene rings is 1. The van der Waals surface area contributed by atoms with Crippen LogP contribution in [0.25, 0.3) is 5.57 Å². The summed E-state index contributed by atoms with van der Waals surface area (Å²) in [5, 5.41) is 2.76. The molecule has 0 saturated heterocycles. The summed E-state index contributed by atoms with van der Waals surface area (Å²) in [5.74, 6) is -0.789. The third-order valence-electron chi connectivity index (χ3n) is 4.66. The second-order valence-electron chi connectivity index (χ2n) is 7.11. The van der Waals surface area contributed by atoms with Crippen molar-refractivity contribution < 1.29 is 22.8 Å². The normalized spacial score (nSPS) is 14.8. The molecule has 0 heterocycles. The second kappa shape index (κ2) is 10.6. The van der Waals surface area contributed by atoms with Crippen LogP contribution >= 0.6 is 0 Å². The molecule has 2 rings (SSSR count). The Balaban J connectivity index is 2.38. The fourth-order valence-electron chi connectivity index (χ4n) is 3.05. The first-order valence-electron chi connectivity index (χ1n) is 9.87. The van der Waals surface area contributed by atoms with Crippen molar-refractivity contribution in [2.75, 3.05) is 14.1 Å². The molecule has 0 bridgehead atoms. The number of alkyl halides is 3. The highest BCUT2D eigenvalue weighted by atomic mass is 19.4. The van der Waals surface area contributed by atoms with Gasteiger partial charge in [-0.25, -0.2) is 0 Å². The highest BCUT2D eigenvalue weighted by molar-refractivity contribution is 6.11. The molecule has 0 aliphatic heterocycles. The summed E-state index contributed by atoms with van der Waals surface area (Å²) in [6.07, 6.45) is 7.55. The van der Waals surface area contributed by atoms with Crippen LogP contribution in [0.15, 0.2) is 90.2 Å². The molecule has 0 unspecified atom stereocenters. The molecule has 1 aromatic rings. The predicted octanol–water partition coefficient (Wildman–Crippen LogP) is 5.20. The number of hydrogen-bond acceptors (Lipinski definition) is 2. The van der Waals surface area contributed by atoms with Gasteiger partial charge >= 0.3 is 6.18 Å². The number of halogens is 3. The zero-order valence-corrected chi connectivity index (χ0v) is 18.2. The molecule has 4 nitrogen and oxygen atoms in total. The van der Waals surface area contributed by atoms with Crippen molar-refractivity contribution in [2.24, 2.45) is 0 Å². The van der Waals surface area contributed by atoms with Crippen LogP contribution in [0.2, 0.25) is 0 Å². The number of likely N-dealkylation sites (N-methyl/N-ethyl adjacent to an activating group) is 1. The molecule has 2 amide bonds. The van der Waals surface area contributed by atoms with Gasteiger partial charge in [0.05, 0.1) is 11.1 Å². The number of hydrogen-bond donors (Lipinski definition) is 1. The minimum Gasteiger partial charge on any atom is -0.345 e. The van der Waals surface area contributed by atoms with Crippen LogP contribution in [-0.2, 0) is 15.8 Å². The number of rotatable bonds is 6. The van der Waals surface area contributed by atoms with Crippen molar-refractivity contribution in [3.8, 4) is 0 Å². The average molecular weight is 442 g/mol. The monoisotopic (exact) mass is 442 g/mol. The summed E-state index contributed by atoms with van der Waals surface area (Å²) in [4.78, 5) is 27.1. The third-order valence-corrected chi connectivity index (χ3v) is 4.66. The molecular formula is C25H25F3N2O2. The van der Waals surface area contributed by atoms with E-state index in [1.807, 2.05) is 6.08 Å². The summed E-state index contributed by atoms with van der Waals surface area (Å²) in [5.41, 5.74) is 1.04. The Bertz CT molecular complexity index is 1040. The van der Waals surface area contributed by atoms with Gasteiger partial charge in [-0.1, -0.05) is 55.2 Å². The van der Waals surface area contributed by atoms with E-state index in [2.05, 4.69) is 11.9 Å². The number of nitrogens with zero attached hydrogens (tertiary/aromatic N) is 1. The summed E-state index contributed by atoms with van der Waals surface area (Å²) < 4.78 is 38.8. The van der Waals surface area contributed by atoms with Gasteiger partial charge in [0, 0.05) is 25.4 Å². The zero-order valence-electron chi connectivity index (χ0n) is 18.2. The standard InChI is InChI=1S/C25H25F3N2O2/c1-5-10-21(24(32)30(3)4)22(6-2)29-23(31)20-12-9-7-8-11-19(20)17-13-15-18(16-14-17)25(26,27)28/h5-8,10-16H,1,9H2,2-4H3,(H,29,31)/b21-10+,22-6+. The molecule has 0 aromatic heterocycles. The fraction of sp³-hybridized carbons (Fsp3) is 0.200. The largest absolute Gasteiger partial charge is 0.416 e. The van der Waals surface area contributed by atoms with Crippen LogP contribution in [0.5, 0.6) is 0 Å². The number of allylic oxidation sites excluding steroid dienone is 7.